The van der Waals surface area contributed by atoms with Crippen LogP contribution in [0.15, 0.2) is 24.3 Å². The number of methoxy groups -OCH3 is 1. The van der Waals surface area contributed by atoms with Gasteiger partial charge in [-0.05, 0) is 24.3 Å². The van der Waals surface area contributed by atoms with Crippen LogP contribution in [0.1, 0.15) is 17.3 Å². The second kappa shape index (κ2) is 8.90. The van der Waals surface area contributed by atoms with Crippen LogP contribution in [0.3, 0.4) is 0 Å². The Morgan fingerprint density at radius 3 is 2.00 bits per heavy atom. The van der Waals surface area contributed by atoms with Gasteiger partial charge in [0, 0.05) is 11.2 Å². The summed E-state index contributed by atoms with van der Waals surface area (Å²) in [6.07, 6.45) is 0. The van der Waals surface area contributed by atoms with Crippen molar-refractivity contribution in [3.05, 3.63) is 29.8 Å². The predicted octanol–water partition coefficient (Wildman–Crippen LogP) is -5.81. The van der Waals surface area contributed by atoms with Gasteiger partial charge in [0.15, 0.2) is 5.78 Å². The molecule has 0 aliphatic heterocycles. The van der Waals surface area contributed by atoms with Crippen molar-refractivity contribution >= 4 is 13.4 Å². The second-order valence-electron chi connectivity index (χ2n) is 3.31. The molecule has 18 heavy (non-hydrogen) atoms. The van der Waals surface area contributed by atoms with E-state index in [1.807, 2.05) is 0 Å². The minimum absolute atomic E-state index is 0. The van der Waals surface area contributed by atoms with E-state index in [4.69, 9.17) is 4.74 Å². The summed E-state index contributed by atoms with van der Waals surface area (Å²) in [5, 5.41) is 0. The first-order chi connectivity index (χ1) is 7.36. The van der Waals surface area contributed by atoms with Crippen LogP contribution in [0, 0.1) is 0 Å². The second-order valence-corrected chi connectivity index (χ2v) is 5.16. The fraction of sp³-hybridized carbons (Fsp3) is 0.300. The maximum atomic E-state index is 11.6. The summed E-state index contributed by atoms with van der Waals surface area (Å²) in [6, 6.07) is 5.90. The largest absolute Gasteiger partial charge is 1.00 e. The molecular formula is C10H11Na2O5P. The molecule has 0 radical (unpaired) electrons. The van der Waals surface area contributed by atoms with Crippen LogP contribution in [-0.2, 0) is 4.57 Å². The Morgan fingerprint density at radius 2 is 1.67 bits per heavy atom. The number of ether oxygens (including phenoxy) is 1. The molecule has 0 N–H and O–H groups in total. The summed E-state index contributed by atoms with van der Waals surface area (Å²) >= 11 is 0. The molecule has 0 fully saturated rings. The molecule has 0 saturated carbocycles. The first-order valence-electron chi connectivity index (χ1n) is 4.56. The number of hydrogen-bond acceptors (Lipinski definition) is 5. The van der Waals surface area contributed by atoms with Crippen LogP contribution in [-0.4, -0.2) is 18.6 Å². The molecule has 0 spiro atoms. The van der Waals surface area contributed by atoms with Crippen LogP contribution >= 0.6 is 7.60 Å². The van der Waals surface area contributed by atoms with E-state index in [9.17, 15) is 19.1 Å². The molecule has 1 aromatic rings. The van der Waals surface area contributed by atoms with Gasteiger partial charge in [0.2, 0.25) is 0 Å². The van der Waals surface area contributed by atoms with Crippen LogP contribution in [0.4, 0.5) is 0 Å². The fourth-order valence-corrected chi connectivity index (χ4v) is 1.58. The summed E-state index contributed by atoms with van der Waals surface area (Å²) in [5.74, 6) is -0.146. The zero-order valence-electron chi connectivity index (χ0n) is 10.9. The Labute approximate surface area is 150 Å². The van der Waals surface area contributed by atoms with E-state index in [2.05, 4.69) is 0 Å². The third-order valence-corrected chi connectivity index (χ3v) is 3.41. The molecule has 0 aromatic heterocycles. The normalized spacial score (nSPS) is 11.8. The van der Waals surface area contributed by atoms with Crippen molar-refractivity contribution < 1.29 is 83.0 Å². The summed E-state index contributed by atoms with van der Waals surface area (Å²) in [6.45, 7) is 1.09. The van der Waals surface area contributed by atoms with Gasteiger partial charge in [-0.25, -0.2) is 0 Å². The number of ketones is 1. The Morgan fingerprint density at radius 1 is 1.22 bits per heavy atom. The van der Waals surface area contributed by atoms with Gasteiger partial charge in [0.05, 0.1) is 7.11 Å². The monoisotopic (exact) mass is 288 g/mol. The Kier molecular flexibility index (Phi) is 10.5. The summed E-state index contributed by atoms with van der Waals surface area (Å²) in [7, 11) is -3.40. The zero-order chi connectivity index (χ0) is 12.3. The van der Waals surface area contributed by atoms with Crippen molar-refractivity contribution in [2.24, 2.45) is 0 Å². The van der Waals surface area contributed by atoms with Crippen LogP contribution in [0.25, 0.3) is 0 Å². The molecule has 8 heteroatoms. The molecule has 5 nitrogen and oxygen atoms in total. The van der Waals surface area contributed by atoms with E-state index in [-0.39, 0.29) is 64.7 Å². The van der Waals surface area contributed by atoms with Crippen LogP contribution in [0.5, 0.6) is 5.75 Å². The van der Waals surface area contributed by atoms with Crippen molar-refractivity contribution in [2.75, 3.05) is 7.11 Å². The third-order valence-electron chi connectivity index (χ3n) is 2.23. The maximum absolute atomic E-state index is 11.6. The number of hydrogen-bond donors (Lipinski definition) is 0. The number of rotatable bonds is 4. The molecule has 1 unspecified atom stereocenters. The van der Waals surface area contributed by atoms with Gasteiger partial charge in [-0.3, -0.25) is 4.79 Å². The topological polar surface area (TPSA) is 89.5 Å². The summed E-state index contributed by atoms with van der Waals surface area (Å²) < 4.78 is 15.6. The number of benzene rings is 1. The minimum atomic E-state index is -4.88. The van der Waals surface area contributed by atoms with Gasteiger partial charge in [-0.15, -0.1) is 0 Å². The van der Waals surface area contributed by atoms with Gasteiger partial charge >= 0.3 is 59.1 Å². The van der Waals surface area contributed by atoms with E-state index in [0.29, 0.717) is 5.75 Å². The molecule has 0 aliphatic carbocycles. The van der Waals surface area contributed by atoms with Gasteiger partial charge in [-0.1, -0.05) is 14.5 Å². The van der Waals surface area contributed by atoms with E-state index in [1.165, 1.54) is 31.4 Å². The van der Waals surface area contributed by atoms with Crippen molar-refractivity contribution in [3.63, 3.8) is 0 Å². The molecule has 0 amide bonds. The zero-order valence-corrected chi connectivity index (χ0v) is 15.8. The van der Waals surface area contributed by atoms with Gasteiger partial charge in [-0.2, -0.15) is 0 Å². The fourth-order valence-electron chi connectivity index (χ4n) is 1.14. The summed E-state index contributed by atoms with van der Waals surface area (Å²) in [5.41, 5.74) is -1.36. The Hall–Kier alpha value is 0.840. The molecule has 1 rings (SSSR count). The molecule has 0 bridgehead atoms. The Balaban J connectivity index is 0. The molecule has 1 aromatic carbocycles. The first kappa shape index (κ1) is 21.1. The maximum Gasteiger partial charge on any atom is 1.00 e. The summed E-state index contributed by atoms with van der Waals surface area (Å²) in [4.78, 5) is 33.0. The van der Waals surface area contributed by atoms with E-state index < -0.39 is 19.0 Å². The van der Waals surface area contributed by atoms with Crippen LogP contribution < -0.4 is 73.6 Å². The van der Waals surface area contributed by atoms with Crippen molar-refractivity contribution in [1.29, 1.82) is 0 Å². The average molecular weight is 288 g/mol. The SMILES string of the molecule is COc1ccc(C(=O)C(C)P(=O)([O-])[O-])cc1.[Na+].[Na+]. The number of Topliss-reactive ketones (excluding diaryl/α,β-unsaturated/α-hetero) is 1. The molecule has 0 aliphatic rings. The molecule has 0 heterocycles. The van der Waals surface area contributed by atoms with Gasteiger partial charge in [0.1, 0.15) is 5.75 Å². The first-order valence-corrected chi connectivity index (χ1v) is 6.17. The van der Waals surface area contributed by atoms with E-state index in [1.54, 1.807) is 0 Å². The minimum Gasteiger partial charge on any atom is -0.810 e. The molecular weight excluding hydrogens is 277 g/mol. The van der Waals surface area contributed by atoms with E-state index >= 15 is 0 Å². The molecule has 0 saturated heterocycles. The predicted molar refractivity (Wildman–Crippen MR) is 54.4 cm³/mol. The van der Waals surface area contributed by atoms with Gasteiger partial charge < -0.3 is 19.1 Å². The number of carbonyl (C=O) groups is 1. The standard InChI is InChI=1S/C10H13O5P.2Na/c1-7(16(12,13)14)10(11)8-3-5-9(15-2)6-4-8;;/h3-7H,1-2H3,(H2,12,13,14);;/q;2*+1/p-2. The Bertz CT molecular complexity index is 428. The molecule has 88 valence electrons. The van der Waals surface area contributed by atoms with Crippen molar-refractivity contribution in [1.82, 2.24) is 0 Å². The quantitative estimate of drug-likeness (QED) is 0.313. The average Bonchev–Trinajstić information content (AvgIpc) is 2.26. The smallest absolute Gasteiger partial charge is 0.810 e. The molecule has 1 atom stereocenters. The van der Waals surface area contributed by atoms with Crippen molar-refractivity contribution in [3.8, 4) is 5.75 Å². The van der Waals surface area contributed by atoms with E-state index in [0.717, 1.165) is 6.92 Å². The number of carbonyl (C=O) groups excluding carboxylic acids is 1. The van der Waals surface area contributed by atoms with Crippen LogP contribution in [0.2, 0.25) is 0 Å². The van der Waals surface area contributed by atoms with Gasteiger partial charge in [0.25, 0.3) is 0 Å². The third kappa shape index (κ3) is 5.87. The van der Waals surface area contributed by atoms with Crippen molar-refractivity contribution in [2.45, 2.75) is 12.6 Å².